The van der Waals surface area contributed by atoms with Crippen LogP contribution in [0.4, 0.5) is 24.5 Å². The maximum Gasteiger partial charge on any atom is 0.416 e. The number of amides is 1. The normalized spacial score (nSPS) is 11.9. The Bertz CT molecular complexity index is 732. The molecule has 2 rings (SSSR count). The SMILES string of the molecule is CC(C)(C)c1ccccc1NCC(=O)Nc1ccc(C(F)(F)F)cc1. The van der Waals surface area contributed by atoms with Crippen LogP contribution in [0.25, 0.3) is 0 Å². The van der Waals surface area contributed by atoms with Crippen molar-refractivity contribution in [1.82, 2.24) is 0 Å². The monoisotopic (exact) mass is 350 g/mol. The molecule has 134 valence electrons. The summed E-state index contributed by atoms with van der Waals surface area (Å²) in [5.41, 5.74) is 1.44. The molecule has 0 saturated heterocycles. The molecule has 0 atom stereocenters. The van der Waals surface area contributed by atoms with Gasteiger partial charge in [-0.2, -0.15) is 13.2 Å². The minimum atomic E-state index is -4.39. The van der Waals surface area contributed by atoms with Crippen molar-refractivity contribution < 1.29 is 18.0 Å². The molecule has 0 saturated carbocycles. The first-order valence-corrected chi connectivity index (χ1v) is 7.88. The van der Waals surface area contributed by atoms with E-state index >= 15 is 0 Å². The molecule has 0 heterocycles. The molecule has 0 aliphatic heterocycles. The number of hydrogen-bond acceptors (Lipinski definition) is 2. The van der Waals surface area contributed by atoms with E-state index in [1.54, 1.807) is 0 Å². The molecular formula is C19H21F3N2O. The van der Waals surface area contributed by atoms with Gasteiger partial charge in [0.05, 0.1) is 12.1 Å². The highest BCUT2D eigenvalue weighted by molar-refractivity contribution is 5.93. The van der Waals surface area contributed by atoms with E-state index in [9.17, 15) is 18.0 Å². The summed E-state index contributed by atoms with van der Waals surface area (Å²) in [6.45, 7) is 6.26. The van der Waals surface area contributed by atoms with Gasteiger partial charge < -0.3 is 10.6 Å². The fourth-order valence-corrected chi connectivity index (χ4v) is 2.41. The molecule has 0 fully saturated rings. The molecule has 0 aliphatic rings. The lowest BCUT2D eigenvalue weighted by Gasteiger charge is -2.23. The van der Waals surface area contributed by atoms with Crippen LogP contribution in [-0.4, -0.2) is 12.5 Å². The first-order valence-electron chi connectivity index (χ1n) is 7.88. The van der Waals surface area contributed by atoms with Gasteiger partial charge in [0.15, 0.2) is 0 Å². The minimum Gasteiger partial charge on any atom is -0.376 e. The Kier molecular flexibility index (Phi) is 5.40. The van der Waals surface area contributed by atoms with Gasteiger partial charge in [-0.3, -0.25) is 4.79 Å². The van der Waals surface area contributed by atoms with E-state index in [4.69, 9.17) is 0 Å². The predicted molar refractivity (Wildman–Crippen MR) is 93.7 cm³/mol. The zero-order chi connectivity index (χ0) is 18.7. The van der Waals surface area contributed by atoms with Crippen LogP contribution in [0.3, 0.4) is 0 Å². The number of hydrogen-bond donors (Lipinski definition) is 2. The molecule has 0 aliphatic carbocycles. The summed E-state index contributed by atoms with van der Waals surface area (Å²) in [6, 6.07) is 12.1. The zero-order valence-corrected chi connectivity index (χ0v) is 14.4. The Balaban J connectivity index is 1.98. The van der Waals surface area contributed by atoms with E-state index < -0.39 is 11.7 Å². The van der Waals surface area contributed by atoms with Crippen LogP contribution in [-0.2, 0) is 16.4 Å². The van der Waals surface area contributed by atoms with Crippen LogP contribution in [0, 0.1) is 0 Å². The molecule has 1 amide bonds. The molecule has 0 spiro atoms. The van der Waals surface area contributed by atoms with Crippen LogP contribution in [0.15, 0.2) is 48.5 Å². The van der Waals surface area contributed by atoms with Gasteiger partial charge in [0.25, 0.3) is 0 Å². The third-order valence-corrected chi connectivity index (χ3v) is 3.67. The second kappa shape index (κ2) is 7.17. The van der Waals surface area contributed by atoms with Gasteiger partial charge in [0.2, 0.25) is 5.91 Å². The van der Waals surface area contributed by atoms with Crippen LogP contribution < -0.4 is 10.6 Å². The Morgan fingerprint density at radius 1 is 0.960 bits per heavy atom. The molecule has 0 unspecified atom stereocenters. The summed E-state index contributed by atoms with van der Waals surface area (Å²) >= 11 is 0. The van der Waals surface area contributed by atoms with Gasteiger partial charge in [0, 0.05) is 11.4 Å². The van der Waals surface area contributed by atoms with E-state index in [-0.39, 0.29) is 17.9 Å². The van der Waals surface area contributed by atoms with Crippen LogP contribution >= 0.6 is 0 Å². The highest BCUT2D eigenvalue weighted by atomic mass is 19.4. The van der Waals surface area contributed by atoms with Gasteiger partial charge in [-0.15, -0.1) is 0 Å². The summed E-state index contributed by atoms with van der Waals surface area (Å²) in [6.07, 6.45) is -4.39. The second-order valence-corrected chi connectivity index (χ2v) is 6.77. The van der Waals surface area contributed by atoms with Crippen LogP contribution in [0.2, 0.25) is 0 Å². The topological polar surface area (TPSA) is 41.1 Å². The number of alkyl halides is 3. The van der Waals surface area contributed by atoms with Crippen molar-refractivity contribution in [1.29, 1.82) is 0 Å². The Labute approximate surface area is 145 Å². The van der Waals surface area contributed by atoms with Crippen LogP contribution in [0.1, 0.15) is 31.9 Å². The summed E-state index contributed by atoms with van der Waals surface area (Å²) in [5, 5.41) is 5.66. The molecule has 2 aromatic carbocycles. The van der Waals surface area contributed by atoms with Crippen molar-refractivity contribution in [3.8, 4) is 0 Å². The maximum absolute atomic E-state index is 12.5. The van der Waals surface area contributed by atoms with Gasteiger partial charge in [-0.1, -0.05) is 39.0 Å². The first-order chi connectivity index (χ1) is 11.6. The Hall–Kier alpha value is -2.50. The minimum absolute atomic E-state index is 0.0219. The smallest absolute Gasteiger partial charge is 0.376 e. The lowest BCUT2D eigenvalue weighted by molar-refractivity contribution is -0.137. The molecule has 6 heteroatoms. The second-order valence-electron chi connectivity index (χ2n) is 6.77. The van der Waals surface area contributed by atoms with Gasteiger partial charge in [0.1, 0.15) is 0 Å². The molecule has 25 heavy (non-hydrogen) atoms. The van der Waals surface area contributed by atoms with Crippen molar-refractivity contribution in [3.05, 3.63) is 59.7 Å². The number of carbonyl (C=O) groups is 1. The number of nitrogens with one attached hydrogen (secondary N) is 2. The molecule has 0 radical (unpaired) electrons. The number of benzene rings is 2. The summed E-state index contributed by atoms with van der Waals surface area (Å²) in [5.74, 6) is -0.330. The standard InChI is InChI=1S/C19H21F3N2O/c1-18(2,3)15-6-4-5-7-16(15)23-12-17(25)24-14-10-8-13(9-11-14)19(20,21)22/h4-11,23H,12H2,1-3H3,(H,24,25). The van der Waals surface area contributed by atoms with Gasteiger partial charge in [-0.05, 0) is 41.3 Å². The third kappa shape index (κ3) is 5.24. The molecule has 0 bridgehead atoms. The lowest BCUT2D eigenvalue weighted by atomic mass is 9.86. The molecule has 3 nitrogen and oxygen atoms in total. The number of carbonyl (C=O) groups excluding carboxylic acids is 1. The fourth-order valence-electron chi connectivity index (χ4n) is 2.41. The predicted octanol–water partition coefficient (Wildman–Crippen LogP) is 5.05. The number of para-hydroxylation sites is 1. The van der Waals surface area contributed by atoms with E-state index in [1.807, 2.05) is 24.3 Å². The average Bonchev–Trinajstić information content (AvgIpc) is 2.52. The van der Waals surface area contributed by atoms with E-state index in [0.717, 1.165) is 23.4 Å². The van der Waals surface area contributed by atoms with E-state index in [2.05, 4.69) is 31.4 Å². The van der Waals surface area contributed by atoms with E-state index in [1.165, 1.54) is 12.1 Å². The quantitative estimate of drug-likeness (QED) is 0.810. The lowest BCUT2D eigenvalue weighted by Crippen LogP contribution is -2.23. The number of halogens is 3. The zero-order valence-electron chi connectivity index (χ0n) is 14.4. The Morgan fingerprint density at radius 3 is 2.12 bits per heavy atom. The van der Waals surface area contributed by atoms with E-state index in [0.29, 0.717) is 5.69 Å². The Morgan fingerprint density at radius 2 is 1.56 bits per heavy atom. The van der Waals surface area contributed by atoms with Crippen LogP contribution in [0.5, 0.6) is 0 Å². The fraction of sp³-hybridized carbons (Fsp3) is 0.316. The molecule has 2 N–H and O–H groups in total. The highest BCUT2D eigenvalue weighted by Crippen LogP contribution is 2.30. The first kappa shape index (κ1) is 18.8. The van der Waals surface area contributed by atoms with Crippen molar-refractivity contribution in [2.75, 3.05) is 17.2 Å². The molecule has 2 aromatic rings. The number of rotatable bonds is 4. The summed E-state index contributed by atoms with van der Waals surface area (Å²) < 4.78 is 37.6. The van der Waals surface area contributed by atoms with Crippen molar-refractivity contribution in [3.63, 3.8) is 0 Å². The summed E-state index contributed by atoms with van der Waals surface area (Å²) in [4.78, 5) is 12.0. The molecule has 0 aromatic heterocycles. The van der Waals surface area contributed by atoms with Crippen molar-refractivity contribution in [2.24, 2.45) is 0 Å². The number of anilines is 2. The highest BCUT2D eigenvalue weighted by Gasteiger charge is 2.30. The van der Waals surface area contributed by atoms with Crippen molar-refractivity contribution in [2.45, 2.75) is 32.4 Å². The van der Waals surface area contributed by atoms with Crippen molar-refractivity contribution >= 4 is 17.3 Å². The van der Waals surface area contributed by atoms with Gasteiger partial charge >= 0.3 is 6.18 Å². The van der Waals surface area contributed by atoms with Gasteiger partial charge in [-0.25, -0.2) is 0 Å². The largest absolute Gasteiger partial charge is 0.416 e. The maximum atomic E-state index is 12.5. The average molecular weight is 350 g/mol. The summed E-state index contributed by atoms with van der Waals surface area (Å²) in [7, 11) is 0. The molecular weight excluding hydrogens is 329 g/mol. The third-order valence-electron chi connectivity index (χ3n) is 3.67.